The summed E-state index contributed by atoms with van der Waals surface area (Å²) in [7, 11) is 0. The Bertz CT molecular complexity index is 1150. The number of benzene rings is 3. The maximum Gasteiger partial charge on any atom is 0.264 e. The van der Waals surface area contributed by atoms with E-state index in [9.17, 15) is 13.6 Å². The number of nitrogens with zero attached hydrogens (tertiary/aromatic N) is 1. The number of carbonyl (C=O) groups excluding carboxylic acids is 1. The second kappa shape index (κ2) is 8.99. The van der Waals surface area contributed by atoms with Crippen LogP contribution in [0.1, 0.15) is 41.9 Å². The van der Waals surface area contributed by atoms with Gasteiger partial charge in [-0.1, -0.05) is 48.9 Å². The van der Waals surface area contributed by atoms with Crippen LogP contribution in [0.5, 0.6) is 0 Å². The van der Waals surface area contributed by atoms with Gasteiger partial charge >= 0.3 is 0 Å². The first-order chi connectivity index (χ1) is 14.6. The number of carbonyl (C=O) groups is 1. The average Bonchev–Trinajstić information content (AvgIpc) is 3.20. The van der Waals surface area contributed by atoms with E-state index in [1.54, 1.807) is 18.2 Å². The molecule has 4 rings (SSSR count). The highest BCUT2D eigenvalue weighted by Gasteiger charge is 2.17. The van der Waals surface area contributed by atoms with E-state index in [0.29, 0.717) is 17.5 Å². The van der Waals surface area contributed by atoms with Gasteiger partial charge in [0, 0.05) is 6.42 Å². The summed E-state index contributed by atoms with van der Waals surface area (Å²) in [6.45, 7) is 0. The Morgan fingerprint density at radius 2 is 1.63 bits per heavy atom. The van der Waals surface area contributed by atoms with Gasteiger partial charge < -0.3 is 4.42 Å². The molecule has 0 atom stereocenters. The van der Waals surface area contributed by atoms with Crippen LogP contribution in [0.3, 0.4) is 0 Å². The first-order valence-electron chi connectivity index (χ1n) is 10.0. The van der Waals surface area contributed by atoms with Gasteiger partial charge in [0.25, 0.3) is 5.89 Å². The van der Waals surface area contributed by atoms with E-state index in [1.807, 2.05) is 18.2 Å². The van der Waals surface area contributed by atoms with Crippen molar-refractivity contribution >= 4 is 16.9 Å². The smallest absolute Gasteiger partial charge is 0.264 e. The number of aromatic nitrogens is 1. The summed E-state index contributed by atoms with van der Waals surface area (Å²) in [5.41, 5.74) is 2.72. The van der Waals surface area contributed by atoms with Gasteiger partial charge in [-0.15, -0.1) is 0 Å². The van der Waals surface area contributed by atoms with Gasteiger partial charge in [0.05, 0.1) is 0 Å². The molecule has 4 aromatic rings. The van der Waals surface area contributed by atoms with Crippen molar-refractivity contribution in [1.29, 1.82) is 0 Å². The predicted molar refractivity (Wildman–Crippen MR) is 112 cm³/mol. The zero-order valence-electron chi connectivity index (χ0n) is 16.4. The number of Topliss-reactive ketones (excluding diaryl/α,β-unsaturated/α-hetero) is 1. The lowest BCUT2D eigenvalue weighted by atomic mass is 10.1. The summed E-state index contributed by atoms with van der Waals surface area (Å²) < 4.78 is 33.2. The van der Waals surface area contributed by atoms with Crippen LogP contribution >= 0.6 is 0 Å². The lowest BCUT2D eigenvalue weighted by Crippen LogP contribution is -1.99. The second-order valence-corrected chi connectivity index (χ2v) is 7.30. The molecule has 3 nitrogen and oxygen atoms in total. The van der Waals surface area contributed by atoms with Crippen molar-refractivity contribution in [2.24, 2.45) is 0 Å². The monoisotopic (exact) mass is 405 g/mol. The molecule has 0 N–H and O–H groups in total. The SMILES string of the molecule is O=C(CCCCCc1ccccc1)c1nc2c(F)cc(-c3ccc(F)cc3)cc2o1. The Morgan fingerprint density at radius 3 is 2.40 bits per heavy atom. The molecule has 5 heteroatoms. The fraction of sp³-hybridized carbons (Fsp3) is 0.200. The fourth-order valence-corrected chi connectivity index (χ4v) is 3.46. The molecule has 1 aromatic heterocycles. The molecule has 0 saturated heterocycles. The van der Waals surface area contributed by atoms with E-state index >= 15 is 0 Å². The van der Waals surface area contributed by atoms with Crippen molar-refractivity contribution in [2.75, 3.05) is 0 Å². The Labute approximate surface area is 173 Å². The third-order valence-corrected chi connectivity index (χ3v) is 5.08. The van der Waals surface area contributed by atoms with E-state index < -0.39 is 5.82 Å². The summed E-state index contributed by atoms with van der Waals surface area (Å²) in [5.74, 6) is -1.23. The molecule has 30 heavy (non-hydrogen) atoms. The van der Waals surface area contributed by atoms with Crippen molar-refractivity contribution < 1.29 is 18.0 Å². The Kier molecular flexibility index (Phi) is 5.98. The molecule has 0 fully saturated rings. The number of hydrogen-bond acceptors (Lipinski definition) is 3. The van der Waals surface area contributed by atoms with Crippen LogP contribution in [0.15, 0.2) is 71.1 Å². The number of halogens is 2. The van der Waals surface area contributed by atoms with Gasteiger partial charge in [0.1, 0.15) is 11.3 Å². The first-order valence-corrected chi connectivity index (χ1v) is 10.0. The lowest BCUT2D eigenvalue weighted by molar-refractivity contribution is 0.0947. The van der Waals surface area contributed by atoms with Crippen LogP contribution in [-0.2, 0) is 6.42 Å². The number of rotatable bonds is 8. The van der Waals surface area contributed by atoms with Crippen LogP contribution in [0, 0.1) is 11.6 Å². The van der Waals surface area contributed by atoms with Gasteiger partial charge in [-0.25, -0.2) is 13.8 Å². The molecule has 3 aromatic carbocycles. The fourth-order valence-electron chi connectivity index (χ4n) is 3.46. The molecule has 0 spiro atoms. The summed E-state index contributed by atoms with van der Waals surface area (Å²) in [6, 6.07) is 18.9. The van der Waals surface area contributed by atoms with E-state index in [0.717, 1.165) is 25.7 Å². The maximum atomic E-state index is 14.5. The van der Waals surface area contributed by atoms with Crippen LogP contribution in [0.4, 0.5) is 8.78 Å². The van der Waals surface area contributed by atoms with Crippen molar-refractivity contribution in [3.63, 3.8) is 0 Å². The van der Waals surface area contributed by atoms with E-state index in [2.05, 4.69) is 17.1 Å². The molecule has 0 unspecified atom stereocenters. The molecular formula is C25H21F2NO2. The zero-order chi connectivity index (χ0) is 20.9. The Balaban J connectivity index is 1.39. The summed E-state index contributed by atoms with van der Waals surface area (Å²) in [6.07, 6.45) is 3.95. The van der Waals surface area contributed by atoms with Crippen molar-refractivity contribution in [3.05, 3.63) is 89.8 Å². The molecule has 0 amide bonds. The largest absolute Gasteiger partial charge is 0.434 e. The first kappa shape index (κ1) is 20.0. The number of hydrogen-bond donors (Lipinski definition) is 0. The van der Waals surface area contributed by atoms with Gasteiger partial charge in [-0.3, -0.25) is 4.79 Å². The van der Waals surface area contributed by atoms with E-state index in [1.165, 1.54) is 23.8 Å². The molecule has 0 radical (unpaired) electrons. The molecule has 0 aliphatic carbocycles. The van der Waals surface area contributed by atoms with Gasteiger partial charge in [0.15, 0.2) is 11.4 Å². The van der Waals surface area contributed by atoms with Crippen molar-refractivity contribution in [1.82, 2.24) is 4.98 Å². The van der Waals surface area contributed by atoms with E-state index in [4.69, 9.17) is 4.42 Å². The number of ketones is 1. The standard InChI is InChI=1S/C25H21F2NO2/c26-20-13-11-18(12-14-20)19-15-21(27)24-23(16-19)30-25(28-24)22(29)10-6-2-5-9-17-7-3-1-4-8-17/h1,3-4,7-8,11-16H,2,5-6,9-10H2. The highest BCUT2D eigenvalue weighted by molar-refractivity contribution is 5.94. The van der Waals surface area contributed by atoms with Gasteiger partial charge in [-0.2, -0.15) is 0 Å². The second-order valence-electron chi connectivity index (χ2n) is 7.30. The normalized spacial score (nSPS) is 11.1. The Morgan fingerprint density at radius 1 is 0.867 bits per heavy atom. The van der Waals surface area contributed by atoms with Crippen molar-refractivity contribution in [3.8, 4) is 11.1 Å². The van der Waals surface area contributed by atoms with Gasteiger partial charge in [-0.05, 0) is 60.2 Å². The molecule has 0 aliphatic rings. The van der Waals surface area contributed by atoms with Gasteiger partial charge in [0.2, 0.25) is 5.78 Å². The quantitative estimate of drug-likeness (QED) is 0.240. The zero-order valence-corrected chi connectivity index (χ0v) is 16.4. The topological polar surface area (TPSA) is 43.1 Å². The molecular weight excluding hydrogens is 384 g/mol. The highest BCUT2D eigenvalue weighted by atomic mass is 19.1. The van der Waals surface area contributed by atoms with Crippen LogP contribution in [0.2, 0.25) is 0 Å². The molecule has 0 aliphatic heterocycles. The van der Waals surface area contributed by atoms with Crippen LogP contribution in [-0.4, -0.2) is 10.8 Å². The maximum absolute atomic E-state index is 14.5. The minimum Gasteiger partial charge on any atom is -0.434 e. The average molecular weight is 405 g/mol. The third kappa shape index (κ3) is 4.62. The number of unbranched alkanes of at least 4 members (excludes halogenated alkanes) is 2. The molecule has 0 saturated carbocycles. The molecule has 1 heterocycles. The predicted octanol–water partition coefficient (Wildman–Crippen LogP) is 6.76. The minimum absolute atomic E-state index is 0.0355. The van der Waals surface area contributed by atoms with E-state index in [-0.39, 0.29) is 28.6 Å². The lowest BCUT2D eigenvalue weighted by Gasteiger charge is -2.01. The van der Waals surface area contributed by atoms with Crippen molar-refractivity contribution in [2.45, 2.75) is 32.1 Å². The third-order valence-electron chi connectivity index (χ3n) is 5.08. The highest BCUT2D eigenvalue weighted by Crippen LogP contribution is 2.28. The summed E-state index contributed by atoms with van der Waals surface area (Å²) >= 11 is 0. The number of oxazole rings is 1. The Hall–Kier alpha value is -3.34. The summed E-state index contributed by atoms with van der Waals surface area (Å²) in [5, 5.41) is 0. The van der Waals surface area contributed by atoms with Crippen LogP contribution < -0.4 is 0 Å². The summed E-state index contributed by atoms with van der Waals surface area (Å²) in [4.78, 5) is 16.5. The molecule has 0 bridgehead atoms. The number of aryl methyl sites for hydroxylation is 1. The minimum atomic E-state index is -0.572. The van der Waals surface area contributed by atoms with Crippen LogP contribution in [0.25, 0.3) is 22.2 Å². The number of fused-ring (bicyclic) bond motifs is 1. The molecule has 152 valence electrons.